The number of rotatable bonds is 7. The van der Waals surface area contributed by atoms with Gasteiger partial charge in [-0.3, -0.25) is 0 Å². The Bertz CT molecular complexity index is 562. The third-order valence-corrected chi connectivity index (χ3v) is 3.12. The second-order valence-corrected chi connectivity index (χ2v) is 5.30. The third kappa shape index (κ3) is 5.02. The number of nitrogens with one attached hydrogen (secondary N) is 2. The van der Waals surface area contributed by atoms with E-state index in [1.54, 1.807) is 6.20 Å². The van der Waals surface area contributed by atoms with E-state index in [9.17, 15) is 0 Å². The van der Waals surface area contributed by atoms with Gasteiger partial charge in [0.05, 0.1) is 6.20 Å². The van der Waals surface area contributed by atoms with Crippen molar-refractivity contribution in [3.05, 3.63) is 35.5 Å². The molecule has 2 rings (SSSR count). The van der Waals surface area contributed by atoms with E-state index in [1.807, 2.05) is 0 Å². The fourth-order valence-corrected chi connectivity index (χ4v) is 2.21. The second kappa shape index (κ2) is 7.57. The highest BCUT2D eigenvalue weighted by atomic mass is 15.3. The lowest BCUT2D eigenvalue weighted by atomic mass is 10.1. The number of nitrogens with zero attached hydrogens (tertiary/aromatic N) is 3. The fourth-order valence-electron chi connectivity index (χ4n) is 2.21. The smallest absolute Gasteiger partial charge is 0.244 e. The predicted molar refractivity (Wildman–Crippen MR) is 87.0 cm³/mol. The molecule has 0 unspecified atom stereocenters. The normalized spacial score (nSPS) is 10.4. The molecule has 5 nitrogen and oxygen atoms in total. The summed E-state index contributed by atoms with van der Waals surface area (Å²) >= 11 is 0. The van der Waals surface area contributed by atoms with Gasteiger partial charge in [-0.2, -0.15) is 10.1 Å². The first-order valence-electron chi connectivity index (χ1n) is 7.46. The van der Waals surface area contributed by atoms with Gasteiger partial charge in [0.2, 0.25) is 5.95 Å². The minimum atomic E-state index is 0.570. The highest BCUT2D eigenvalue weighted by Gasteiger charge is 2.02. The van der Waals surface area contributed by atoms with Gasteiger partial charge in [-0.15, -0.1) is 5.10 Å². The topological polar surface area (TPSA) is 62.7 Å². The van der Waals surface area contributed by atoms with Crippen LogP contribution in [0, 0.1) is 13.8 Å². The summed E-state index contributed by atoms with van der Waals surface area (Å²) in [6, 6.07) is 6.32. The molecule has 1 aromatic heterocycles. The van der Waals surface area contributed by atoms with Crippen LogP contribution in [0.2, 0.25) is 0 Å². The van der Waals surface area contributed by atoms with Gasteiger partial charge in [0.15, 0.2) is 5.82 Å². The number of aryl methyl sites for hydroxylation is 2. The molecule has 21 heavy (non-hydrogen) atoms. The molecule has 5 heteroatoms. The highest BCUT2D eigenvalue weighted by molar-refractivity contribution is 5.58. The van der Waals surface area contributed by atoms with E-state index in [0.717, 1.165) is 18.7 Å². The van der Waals surface area contributed by atoms with E-state index in [0.29, 0.717) is 11.8 Å². The van der Waals surface area contributed by atoms with E-state index < -0.39 is 0 Å². The van der Waals surface area contributed by atoms with Gasteiger partial charge >= 0.3 is 0 Å². The van der Waals surface area contributed by atoms with Crippen molar-refractivity contribution in [1.29, 1.82) is 0 Å². The van der Waals surface area contributed by atoms with Crippen molar-refractivity contribution in [2.24, 2.45) is 0 Å². The van der Waals surface area contributed by atoms with Crippen LogP contribution >= 0.6 is 0 Å². The van der Waals surface area contributed by atoms with E-state index in [-0.39, 0.29) is 0 Å². The Morgan fingerprint density at radius 1 is 1.05 bits per heavy atom. The Labute approximate surface area is 126 Å². The van der Waals surface area contributed by atoms with Gasteiger partial charge in [-0.05, 0) is 43.5 Å². The molecule has 0 saturated carbocycles. The van der Waals surface area contributed by atoms with Crippen LogP contribution in [0.3, 0.4) is 0 Å². The molecule has 0 fully saturated rings. The molecular weight excluding hydrogens is 262 g/mol. The zero-order valence-corrected chi connectivity index (χ0v) is 13.0. The van der Waals surface area contributed by atoms with E-state index >= 15 is 0 Å². The first-order valence-corrected chi connectivity index (χ1v) is 7.46. The second-order valence-electron chi connectivity index (χ2n) is 5.30. The summed E-state index contributed by atoms with van der Waals surface area (Å²) in [6.07, 6.45) is 5.17. The van der Waals surface area contributed by atoms with Crippen LogP contribution in [0.1, 0.15) is 37.3 Å². The van der Waals surface area contributed by atoms with Gasteiger partial charge in [-0.1, -0.05) is 25.8 Å². The molecule has 0 bridgehead atoms. The number of benzene rings is 1. The largest absolute Gasteiger partial charge is 0.353 e. The maximum Gasteiger partial charge on any atom is 0.244 e. The molecule has 112 valence electrons. The summed E-state index contributed by atoms with van der Waals surface area (Å²) < 4.78 is 0. The molecule has 1 heterocycles. The summed E-state index contributed by atoms with van der Waals surface area (Å²) in [5, 5.41) is 14.5. The number of hydrogen-bond acceptors (Lipinski definition) is 5. The van der Waals surface area contributed by atoms with Crippen molar-refractivity contribution >= 4 is 17.5 Å². The quantitative estimate of drug-likeness (QED) is 0.757. The molecule has 0 spiro atoms. The minimum Gasteiger partial charge on any atom is -0.353 e. The average molecular weight is 285 g/mol. The van der Waals surface area contributed by atoms with Crippen LogP contribution < -0.4 is 10.6 Å². The van der Waals surface area contributed by atoms with Crippen LogP contribution in [0.4, 0.5) is 17.5 Å². The van der Waals surface area contributed by atoms with Crippen LogP contribution in [0.25, 0.3) is 0 Å². The Balaban J connectivity index is 2.00. The van der Waals surface area contributed by atoms with Gasteiger partial charge < -0.3 is 10.6 Å². The lowest BCUT2D eigenvalue weighted by molar-refractivity contribution is 0.738. The van der Waals surface area contributed by atoms with Gasteiger partial charge in [0.1, 0.15) is 0 Å². The van der Waals surface area contributed by atoms with E-state index in [2.05, 4.69) is 64.8 Å². The zero-order chi connectivity index (χ0) is 15.1. The zero-order valence-electron chi connectivity index (χ0n) is 13.0. The Morgan fingerprint density at radius 3 is 2.52 bits per heavy atom. The van der Waals surface area contributed by atoms with Crippen LogP contribution in [-0.4, -0.2) is 21.7 Å². The van der Waals surface area contributed by atoms with Crippen molar-refractivity contribution in [3.8, 4) is 0 Å². The Kier molecular flexibility index (Phi) is 5.49. The van der Waals surface area contributed by atoms with Crippen molar-refractivity contribution in [3.63, 3.8) is 0 Å². The van der Waals surface area contributed by atoms with Gasteiger partial charge in [0.25, 0.3) is 0 Å². The molecular formula is C16H23N5. The molecule has 0 aliphatic rings. The van der Waals surface area contributed by atoms with Crippen molar-refractivity contribution in [2.45, 2.75) is 40.0 Å². The average Bonchev–Trinajstić information content (AvgIpc) is 2.43. The molecule has 1 aromatic carbocycles. The standard InChI is InChI=1S/C16H23N5/c1-4-5-6-7-17-16-20-15(11-18-21-16)19-14-9-12(2)8-13(3)10-14/h8-11H,4-7H2,1-3H3,(H2,17,19,20,21). The van der Waals surface area contributed by atoms with Crippen LogP contribution in [0.5, 0.6) is 0 Å². The van der Waals surface area contributed by atoms with Crippen molar-refractivity contribution < 1.29 is 0 Å². The number of aromatic nitrogens is 3. The molecule has 0 radical (unpaired) electrons. The van der Waals surface area contributed by atoms with E-state index in [1.165, 1.54) is 24.0 Å². The SMILES string of the molecule is CCCCCNc1nncc(Nc2cc(C)cc(C)c2)n1. The molecule has 2 N–H and O–H groups in total. The van der Waals surface area contributed by atoms with E-state index in [4.69, 9.17) is 0 Å². The summed E-state index contributed by atoms with van der Waals surface area (Å²) in [4.78, 5) is 4.43. The first kappa shape index (κ1) is 15.2. The lowest BCUT2D eigenvalue weighted by Crippen LogP contribution is -2.07. The molecule has 2 aromatic rings. The number of anilines is 3. The molecule has 0 aliphatic heterocycles. The Morgan fingerprint density at radius 2 is 1.81 bits per heavy atom. The van der Waals surface area contributed by atoms with Crippen LogP contribution in [0.15, 0.2) is 24.4 Å². The first-order chi connectivity index (χ1) is 10.2. The Hall–Kier alpha value is -2.17. The highest BCUT2D eigenvalue weighted by Crippen LogP contribution is 2.18. The van der Waals surface area contributed by atoms with Crippen LogP contribution in [-0.2, 0) is 0 Å². The monoisotopic (exact) mass is 285 g/mol. The molecule has 0 atom stereocenters. The summed E-state index contributed by atoms with van der Waals surface area (Å²) in [7, 11) is 0. The summed E-state index contributed by atoms with van der Waals surface area (Å²) in [5.41, 5.74) is 3.46. The maximum absolute atomic E-state index is 4.43. The fraction of sp³-hybridized carbons (Fsp3) is 0.438. The molecule has 0 aliphatic carbocycles. The third-order valence-electron chi connectivity index (χ3n) is 3.12. The van der Waals surface area contributed by atoms with Gasteiger partial charge in [-0.25, -0.2) is 0 Å². The maximum atomic E-state index is 4.43. The van der Waals surface area contributed by atoms with Crippen molar-refractivity contribution in [1.82, 2.24) is 15.2 Å². The number of hydrogen-bond donors (Lipinski definition) is 2. The van der Waals surface area contributed by atoms with Crippen molar-refractivity contribution in [2.75, 3.05) is 17.2 Å². The predicted octanol–water partition coefficient (Wildman–Crippen LogP) is 3.83. The summed E-state index contributed by atoms with van der Waals surface area (Å²) in [6.45, 7) is 7.23. The minimum absolute atomic E-state index is 0.570. The molecule has 0 saturated heterocycles. The lowest BCUT2D eigenvalue weighted by Gasteiger charge is -2.09. The number of unbranched alkanes of at least 4 members (excludes halogenated alkanes) is 2. The molecule has 0 amide bonds. The van der Waals surface area contributed by atoms with Gasteiger partial charge in [0, 0.05) is 12.2 Å². The summed E-state index contributed by atoms with van der Waals surface area (Å²) in [5.74, 6) is 1.27.